The molecule has 1 atom stereocenters. The van der Waals surface area contributed by atoms with Crippen LogP contribution in [-0.2, 0) is 4.74 Å². The van der Waals surface area contributed by atoms with Crippen LogP contribution in [-0.4, -0.2) is 18.5 Å². The molecule has 1 aromatic carbocycles. The van der Waals surface area contributed by atoms with Gasteiger partial charge in [0.05, 0.1) is 12.7 Å². The Morgan fingerprint density at radius 3 is 2.44 bits per heavy atom. The zero-order chi connectivity index (χ0) is 12.8. The minimum absolute atomic E-state index is 0.425. The van der Waals surface area contributed by atoms with Crippen molar-refractivity contribution in [1.29, 1.82) is 0 Å². The minimum Gasteiger partial charge on any atom is -0.378 e. The quantitative estimate of drug-likeness (QED) is 0.780. The summed E-state index contributed by atoms with van der Waals surface area (Å²) in [5, 5.41) is 0. The van der Waals surface area contributed by atoms with Gasteiger partial charge in [0.2, 0.25) is 0 Å². The minimum atomic E-state index is 0.425. The first kappa shape index (κ1) is 14.0. The van der Waals surface area contributed by atoms with Crippen LogP contribution in [0.4, 0.5) is 0 Å². The van der Waals surface area contributed by atoms with E-state index in [-0.39, 0.29) is 0 Å². The van der Waals surface area contributed by atoms with Gasteiger partial charge in [0.1, 0.15) is 0 Å². The van der Waals surface area contributed by atoms with Crippen molar-refractivity contribution in [3.05, 3.63) is 35.9 Å². The SMILES string of the molecule is CC1CCC(OCC(CS)c2ccccc2)CC1. The highest BCUT2D eigenvalue weighted by molar-refractivity contribution is 7.80. The molecule has 0 radical (unpaired) electrons. The van der Waals surface area contributed by atoms with Gasteiger partial charge in [-0.25, -0.2) is 0 Å². The van der Waals surface area contributed by atoms with Crippen LogP contribution in [0.2, 0.25) is 0 Å². The summed E-state index contributed by atoms with van der Waals surface area (Å²) in [6.45, 7) is 3.16. The summed E-state index contributed by atoms with van der Waals surface area (Å²) in [6.07, 6.45) is 5.58. The third kappa shape index (κ3) is 4.03. The van der Waals surface area contributed by atoms with Gasteiger partial charge < -0.3 is 4.74 Å². The molecule has 0 N–H and O–H groups in total. The average Bonchev–Trinajstić information content (AvgIpc) is 2.43. The van der Waals surface area contributed by atoms with E-state index in [1.54, 1.807) is 0 Å². The van der Waals surface area contributed by atoms with Crippen LogP contribution < -0.4 is 0 Å². The summed E-state index contributed by atoms with van der Waals surface area (Å²) in [7, 11) is 0. The van der Waals surface area contributed by atoms with E-state index in [2.05, 4.69) is 49.9 Å². The van der Waals surface area contributed by atoms with Gasteiger partial charge in [-0.15, -0.1) is 0 Å². The van der Waals surface area contributed by atoms with Crippen LogP contribution in [0.25, 0.3) is 0 Å². The van der Waals surface area contributed by atoms with Crippen molar-refractivity contribution < 1.29 is 4.74 Å². The monoisotopic (exact) mass is 264 g/mol. The fourth-order valence-electron chi connectivity index (χ4n) is 2.63. The smallest absolute Gasteiger partial charge is 0.0575 e. The summed E-state index contributed by atoms with van der Waals surface area (Å²) in [4.78, 5) is 0. The van der Waals surface area contributed by atoms with E-state index < -0.39 is 0 Å². The Hall–Kier alpha value is -0.470. The Labute approximate surface area is 116 Å². The summed E-state index contributed by atoms with van der Waals surface area (Å²) < 4.78 is 6.09. The zero-order valence-corrected chi connectivity index (χ0v) is 12.1. The van der Waals surface area contributed by atoms with Gasteiger partial charge in [0.15, 0.2) is 0 Å². The number of ether oxygens (including phenoxy) is 1. The molecule has 18 heavy (non-hydrogen) atoms. The van der Waals surface area contributed by atoms with Crippen molar-refractivity contribution in [3.63, 3.8) is 0 Å². The van der Waals surface area contributed by atoms with Gasteiger partial charge in [-0.3, -0.25) is 0 Å². The van der Waals surface area contributed by atoms with E-state index in [1.165, 1.54) is 31.2 Å². The Morgan fingerprint density at radius 2 is 1.83 bits per heavy atom. The molecule has 0 heterocycles. The van der Waals surface area contributed by atoms with E-state index in [1.807, 2.05) is 0 Å². The lowest BCUT2D eigenvalue weighted by Gasteiger charge is -2.28. The van der Waals surface area contributed by atoms with Crippen molar-refractivity contribution in [1.82, 2.24) is 0 Å². The molecule has 2 heteroatoms. The number of hydrogen-bond acceptors (Lipinski definition) is 2. The third-order valence-electron chi connectivity index (χ3n) is 3.99. The van der Waals surface area contributed by atoms with Gasteiger partial charge in [-0.1, -0.05) is 37.3 Å². The number of benzene rings is 1. The molecule has 1 fully saturated rings. The number of rotatable bonds is 5. The fourth-order valence-corrected chi connectivity index (χ4v) is 2.94. The van der Waals surface area contributed by atoms with E-state index in [0.717, 1.165) is 18.3 Å². The Kier molecular flexibility index (Phi) is 5.58. The first-order chi connectivity index (χ1) is 8.79. The molecule has 0 aromatic heterocycles. The second-order valence-electron chi connectivity index (χ2n) is 5.51. The normalized spacial score (nSPS) is 25.9. The van der Waals surface area contributed by atoms with Crippen LogP contribution in [0.1, 0.15) is 44.1 Å². The van der Waals surface area contributed by atoms with Gasteiger partial charge in [0, 0.05) is 5.92 Å². The predicted molar refractivity (Wildman–Crippen MR) is 80.4 cm³/mol. The lowest BCUT2D eigenvalue weighted by atomic mass is 9.89. The van der Waals surface area contributed by atoms with Crippen LogP contribution in [0, 0.1) is 5.92 Å². The van der Waals surface area contributed by atoms with Gasteiger partial charge in [0.25, 0.3) is 0 Å². The van der Waals surface area contributed by atoms with Crippen LogP contribution in [0.3, 0.4) is 0 Å². The molecular formula is C16H24OS. The van der Waals surface area contributed by atoms with Crippen LogP contribution >= 0.6 is 12.6 Å². The molecule has 1 nitrogen and oxygen atoms in total. The molecule has 0 saturated heterocycles. The molecule has 0 bridgehead atoms. The van der Waals surface area contributed by atoms with Crippen molar-refractivity contribution in [2.75, 3.05) is 12.4 Å². The summed E-state index contributed by atoms with van der Waals surface area (Å²) in [6, 6.07) is 10.6. The molecule has 100 valence electrons. The molecule has 2 rings (SSSR count). The van der Waals surface area contributed by atoms with Gasteiger partial charge >= 0.3 is 0 Å². The predicted octanol–water partition coefficient (Wildman–Crippen LogP) is 4.30. The van der Waals surface area contributed by atoms with Gasteiger partial charge in [-0.05, 0) is 42.9 Å². The topological polar surface area (TPSA) is 9.23 Å². The first-order valence-electron chi connectivity index (χ1n) is 7.07. The molecule has 1 aromatic rings. The molecule has 1 aliphatic carbocycles. The maximum atomic E-state index is 6.09. The third-order valence-corrected chi connectivity index (χ3v) is 4.43. The van der Waals surface area contributed by atoms with E-state index in [9.17, 15) is 0 Å². The largest absolute Gasteiger partial charge is 0.378 e. The van der Waals surface area contributed by atoms with E-state index >= 15 is 0 Å². The lowest BCUT2D eigenvalue weighted by Crippen LogP contribution is -2.23. The first-order valence-corrected chi connectivity index (χ1v) is 7.70. The summed E-state index contributed by atoms with van der Waals surface area (Å²) >= 11 is 4.46. The zero-order valence-electron chi connectivity index (χ0n) is 11.2. The Balaban J connectivity index is 1.81. The van der Waals surface area contributed by atoms with Crippen molar-refractivity contribution >= 4 is 12.6 Å². The summed E-state index contributed by atoms with van der Waals surface area (Å²) in [5.74, 6) is 2.17. The second kappa shape index (κ2) is 7.20. The molecule has 0 aliphatic heterocycles. The van der Waals surface area contributed by atoms with Crippen molar-refractivity contribution in [2.45, 2.75) is 44.6 Å². The summed E-state index contributed by atoms with van der Waals surface area (Å²) in [5.41, 5.74) is 1.34. The highest BCUT2D eigenvalue weighted by Crippen LogP contribution is 2.27. The highest BCUT2D eigenvalue weighted by Gasteiger charge is 2.20. The Bertz CT molecular complexity index is 330. The maximum absolute atomic E-state index is 6.09. The number of hydrogen-bond donors (Lipinski definition) is 1. The van der Waals surface area contributed by atoms with Crippen LogP contribution in [0.5, 0.6) is 0 Å². The molecule has 1 saturated carbocycles. The second-order valence-corrected chi connectivity index (χ2v) is 5.87. The van der Waals surface area contributed by atoms with E-state index in [0.29, 0.717) is 12.0 Å². The molecule has 1 aliphatic rings. The molecule has 0 amide bonds. The van der Waals surface area contributed by atoms with Crippen molar-refractivity contribution in [3.8, 4) is 0 Å². The molecular weight excluding hydrogens is 240 g/mol. The Morgan fingerprint density at radius 1 is 1.17 bits per heavy atom. The highest BCUT2D eigenvalue weighted by atomic mass is 32.1. The molecule has 1 unspecified atom stereocenters. The molecule has 0 spiro atoms. The van der Waals surface area contributed by atoms with Gasteiger partial charge in [-0.2, -0.15) is 12.6 Å². The van der Waals surface area contributed by atoms with Crippen molar-refractivity contribution in [2.24, 2.45) is 5.92 Å². The standard InChI is InChI=1S/C16H24OS/c1-13-7-9-16(10-8-13)17-11-15(12-18)14-5-3-2-4-6-14/h2-6,13,15-16,18H,7-12H2,1H3. The van der Waals surface area contributed by atoms with E-state index in [4.69, 9.17) is 4.74 Å². The fraction of sp³-hybridized carbons (Fsp3) is 0.625. The lowest BCUT2D eigenvalue weighted by molar-refractivity contribution is 0.0144. The van der Waals surface area contributed by atoms with Crippen LogP contribution in [0.15, 0.2) is 30.3 Å². The average molecular weight is 264 g/mol. The maximum Gasteiger partial charge on any atom is 0.0575 e. The number of thiol groups is 1.